The van der Waals surface area contributed by atoms with Crippen LogP contribution in [0.1, 0.15) is 29.3 Å². The van der Waals surface area contributed by atoms with Gasteiger partial charge in [-0.2, -0.15) is 0 Å². The molecule has 4 nitrogen and oxygen atoms in total. The first-order valence-electron chi connectivity index (χ1n) is 9.13. The van der Waals surface area contributed by atoms with Crippen LogP contribution in [0.4, 0.5) is 0 Å². The van der Waals surface area contributed by atoms with Gasteiger partial charge in [-0.25, -0.2) is 0 Å². The number of Topliss-reactive ketones (excluding diaryl/α,β-unsaturated/α-hetero) is 1. The molecule has 4 aromatic rings. The van der Waals surface area contributed by atoms with Crippen molar-refractivity contribution in [3.8, 4) is 0 Å². The van der Waals surface area contributed by atoms with Crippen molar-refractivity contribution in [2.75, 3.05) is 13.1 Å². The summed E-state index contributed by atoms with van der Waals surface area (Å²) < 4.78 is 0. The number of hydrogen-bond donors (Lipinski definition) is 2. The fraction of sp³-hybridized carbons (Fsp3) is 0.227. The topological polar surface area (TPSA) is 51.9 Å². The summed E-state index contributed by atoms with van der Waals surface area (Å²) in [6.07, 6.45) is 4.44. The number of rotatable bonds is 7. The van der Waals surface area contributed by atoms with Crippen molar-refractivity contribution in [1.29, 1.82) is 0 Å². The maximum absolute atomic E-state index is 12.7. The number of fused-ring (bicyclic) bond motifs is 2. The van der Waals surface area contributed by atoms with Crippen LogP contribution in [0.2, 0.25) is 0 Å². The van der Waals surface area contributed by atoms with E-state index >= 15 is 0 Å². The number of para-hydroxylation sites is 2. The second-order valence-corrected chi connectivity index (χ2v) is 6.65. The van der Waals surface area contributed by atoms with Crippen molar-refractivity contribution in [3.05, 3.63) is 72.1 Å². The van der Waals surface area contributed by atoms with Crippen molar-refractivity contribution in [1.82, 2.24) is 14.9 Å². The molecule has 2 aromatic carbocycles. The van der Waals surface area contributed by atoms with Crippen LogP contribution in [0.3, 0.4) is 0 Å². The zero-order chi connectivity index (χ0) is 17.9. The third-order valence-electron chi connectivity index (χ3n) is 5.06. The van der Waals surface area contributed by atoms with Gasteiger partial charge in [0.25, 0.3) is 0 Å². The number of hydrogen-bond acceptors (Lipinski definition) is 2. The molecule has 0 spiro atoms. The molecule has 0 saturated carbocycles. The Morgan fingerprint density at radius 1 is 0.923 bits per heavy atom. The molecule has 0 unspecified atom stereocenters. The highest BCUT2D eigenvalue weighted by atomic mass is 16.1. The molecule has 0 atom stereocenters. The van der Waals surface area contributed by atoms with Gasteiger partial charge in [-0.1, -0.05) is 43.3 Å². The predicted octanol–water partition coefficient (Wildman–Crippen LogP) is 4.74. The number of nitrogens with zero attached hydrogens (tertiary/aromatic N) is 1. The van der Waals surface area contributed by atoms with E-state index in [9.17, 15) is 4.79 Å². The minimum atomic E-state index is 0.194. The van der Waals surface area contributed by atoms with Crippen LogP contribution in [-0.4, -0.2) is 33.7 Å². The molecule has 0 radical (unpaired) electrons. The van der Waals surface area contributed by atoms with Crippen molar-refractivity contribution in [2.24, 2.45) is 0 Å². The maximum atomic E-state index is 12.7. The van der Waals surface area contributed by atoms with Crippen LogP contribution in [-0.2, 0) is 6.54 Å². The van der Waals surface area contributed by atoms with E-state index in [-0.39, 0.29) is 5.78 Å². The summed E-state index contributed by atoms with van der Waals surface area (Å²) in [5, 5.41) is 2.27. The molecule has 0 amide bonds. The number of aromatic nitrogens is 2. The second-order valence-electron chi connectivity index (χ2n) is 6.65. The Morgan fingerprint density at radius 2 is 1.58 bits per heavy atom. The predicted molar refractivity (Wildman–Crippen MR) is 106 cm³/mol. The number of H-pyrrole nitrogens is 2. The van der Waals surface area contributed by atoms with Gasteiger partial charge in [-0.05, 0) is 24.2 Å². The van der Waals surface area contributed by atoms with Crippen molar-refractivity contribution in [3.63, 3.8) is 0 Å². The van der Waals surface area contributed by atoms with Gasteiger partial charge in [-0.3, -0.25) is 9.69 Å². The van der Waals surface area contributed by atoms with E-state index < -0.39 is 0 Å². The zero-order valence-electron chi connectivity index (χ0n) is 15.0. The molecule has 0 aliphatic rings. The largest absolute Gasteiger partial charge is 0.361 e. The van der Waals surface area contributed by atoms with E-state index in [1.165, 1.54) is 10.9 Å². The monoisotopic (exact) mass is 345 g/mol. The Morgan fingerprint density at radius 3 is 2.35 bits per heavy atom. The Labute approximate surface area is 152 Å². The Kier molecular flexibility index (Phi) is 4.59. The Bertz CT molecular complexity index is 1040. The van der Waals surface area contributed by atoms with E-state index in [4.69, 9.17) is 0 Å². The molecular weight excluding hydrogens is 322 g/mol. The van der Waals surface area contributed by atoms with Gasteiger partial charge in [0.05, 0.1) is 0 Å². The lowest BCUT2D eigenvalue weighted by Gasteiger charge is -2.19. The molecule has 0 bridgehead atoms. The van der Waals surface area contributed by atoms with E-state index in [0.29, 0.717) is 6.42 Å². The first-order chi connectivity index (χ1) is 12.8. The fourth-order valence-electron chi connectivity index (χ4n) is 3.55. The lowest BCUT2D eigenvalue weighted by atomic mass is 10.1. The first kappa shape index (κ1) is 16.6. The van der Waals surface area contributed by atoms with Crippen LogP contribution in [0, 0.1) is 0 Å². The smallest absolute Gasteiger partial charge is 0.166 e. The molecule has 0 saturated heterocycles. The highest BCUT2D eigenvalue weighted by molar-refractivity contribution is 6.07. The van der Waals surface area contributed by atoms with Crippen LogP contribution < -0.4 is 0 Å². The third kappa shape index (κ3) is 3.16. The van der Waals surface area contributed by atoms with Crippen LogP contribution in [0.5, 0.6) is 0 Å². The Hall–Kier alpha value is -2.85. The van der Waals surface area contributed by atoms with Crippen LogP contribution in [0.25, 0.3) is 21.8 Å². The molecule has 4 rings (SSSR count). The fourth-order valence-corrected chi connectivity index (χ4v) is 3.55. The zero-order valence-corrected chi connectivity index (χ0v) is 15.0. The second kappa shape index (κ2) is 7.18. The summed E-state index contributed by atoms with van der Waals surface area (Å²) in [4.78, 5) is 21.5. The lowest BCUT2D eigenvalue weighted by molar-refractivity contribution is 0.0965. The van der Waals surface area contributed by atoms with E-state index in [2.05, 4.69) is 46.2 Å². The van der Waals surface area contributed by atoms with Crippen molar-refractivity contribution < 1.29 is 4.79 Å². The van der Waals surface area contributed by atoms with Gasteiger partial charge in [0, 0.05) is 59.3 Å². The SMILES string of the molecule is CCN(CCC(=O)c1c[nH]c2ccccc12)Cc1c[nH]c2ccccc12. The quantitative estimate of drug-likeness (QED) is 0.475. The summed E-state index contributed by atoms with van der Waals surface area (Å²) in [7, 11) is 0. The molecule has 2 heterocycles. The standard InChI is InChI=1S/C22H23N3O/c1-2-25(15-16-13-23-20-9-5-3-7-17(16)20)12-11-22(26)19-14-24-21-10-6-4-8-18(19)21/h3-10,13-14,23-24H,2,11-12,15H2,1H3. The average Bonchev–Trinajstić information content (AvgIpc) is 3.29. The summed E-state index contributed by atoms with van der Waals surface area (Å²) in [5.74, 6) is 0.194. The lowest BCUT2D eigenvalue weighted by Crippen LogP contribution is -2.25. The highest BCUT2D eigenvalue weighted by Gasteiger charge is 2.14. The maximum Gasteiger partial charge on any atom is 0.166 e. The van der Waals surface area contributed by atoms with Crippen LogP contribution >= 0.6 is 0 Å². The number of nitrogens with one attached hydrogen (secondary N) is 2. The number of carbonyl (C=O) groups is 1. The highest BCUT2D eigenvalue weighted by Crippen LogP contribution is 2.21. The molecule has 0 aliphatic carbocycles. The minimum Gasteiger partial charge on any atom is -0.361 e. The van der Waals surface area contributed by atoms with Gasteiger partial charge in [0.2, 0.25) is 0 Å². The number of aromatic amines is 2. The number of benzene rings is 2. The molecule has 26 heavy (non-hydrogen) atoms. The summed E-state index contributed by atoms with van der Waals surface area (Å²) in [6, 6.07) is 16.3. The Balaban J connectivity index is 1.44. The number of carbonyl (C=O) groups excluding carboxylic acids is 1. The van der Waals surface area contributed by atoms with E-state index in [1.54, 1.807) is 0 Å². The van der Waals surface area contributed by atoms with Crippen molar-refractivity contribution >= 4 is 27.6 Å². The van der Waals surface area contributed by atoms with Crippen LogP contribution in [0.15, 0.2) is 60.9 Å². The molecule has 2 N–H and O–H groups in total. The van der Waals surface area contributed by atoms with Gasteiger partial charge < -0.3 is 9.97 Å². The van der Waals surface area contributed by atoms with E-state index in [1.807, 2.05) is 36.5 Å². The average molecular weight is 345 g/mol. The normalized spacial score (nSPS) is 11.6. The van der Waals surface area contributed by atoms with Gasteiger partial charge in [-0.15, -0.1) is 0 Å². The summed E-state index contributed by atoms with van der Waals surface area (Å²) in [5.41, 5.74) is 4.25. The van der Waals surface area contributed by atoms with Gasteiger partial charge in [0.15, 0.2) is 5.78 Å². The molecule has 0 aliphatic heterocycles. The first-order valence-corrected chi connectivity index (χ1v) is 9.13. The van der Waals surface area contributed by atoms with Gasteiger partial charge >= 0.3 is 0 Å². The minimum absolute atomic E-state index is 0.194. The van der Waals surface area contributed by atoms with E-state index in [0.717, 1.165) is 41.6 Å². The molecular formula is C22H23N3O. The van der Waals surface area contributed by atoms with Gasteiger partial charge in [0.1, 0.15) is 0 Å². The molecule has 0 fully saturated rings. The third-order valence-corrected chi connectivity index (χ3v) is 5.06. The molecule has 132 valence electrons. The number of ketones is 1. The van der Waals surface area contributed by atoms with Crippen molar-refractivity contribution in [2.45, 2.75) is 19.9 Å². The molecule has 4 heteroatoms. The summed E-state index contributed by atoms with van der Waals surface area (Å²) in [6.45, 7) is 4.67. The summed E-state index contributed by atoms with van der Waals surface area (Å²) >= 11 is 0. The molecule has 2 aromatic heterocycles.